The Bertz CT molecular complexity index is 231. The number of hydrogen-bond donors (Lipinski definition) is 2. The van der Waals surface area contributed by atoms with Crippen LogP contribution in [0.3, 0.4) is 0 Å². The molecule has 76 valence electrons. The summed E-state index contributed by atoms with van der Waals surface area (Å²) in [6, 6.07) is 0. The second kappa shape index (κ2) is 6.83. The largest absolute Gasteiger partial charge is 0.396 e. The van der Waals surface area contributed by atoms with Crippen LogP contribution in [0.4, 0.5) is 5.69 Å². The molecule has 0 atom stereocenters. The van der Waals surface area contributed by atoms with Gasteiger partial charge in [-0.15, -0.1) is 0 Å². The highest BCUT2D eigenvalue weighted by molar-refractivity contribution is 7.79. The topological polar surface area (TPSA) is 43.8 Å². The summed E-state index contributed by atoms with van der Waals surface area (Å²) in [4.78, 5) is 0. The van der Waals surface area contributed by atoms with E-state index in [0.29, 0.717) is 5.88 Å². The van der Waals surface area contributed by atoms with Crippen LogP contribution >= 0.6 is 12.6 Å². The van der Waals surface area contributed by atoms with Crippen LogP contribution in [0.2, 0.25) is 0 Å². The lowest BCUT2D eigenvalue weighted by molar-refractivity contribution is 0.728. The molecule has 1 aromatic heterocycles. The van der Waals surface area contributed by atoms with Crippen molar-refractivity contribution in [1.82, 2.24) is 9.78 Å². The number of hydrogen-bond acceptors (Lipinski definition) is 3. The van der Waals surface area contributed by atoms with E-state index in [0.717, 1.165) is 11.4 Å². The molecule has 1 aromatic rings. The lowest BCUT2D eigenvalue weighted by Gasteiger charge is -1.96. The molecule has 0 bridgehead atoms. The molecule has 0 radical (unpaired) electrons. The first-order valence-electron chi connectivity index (χ1n) is 4.56. The third-order valence-corrected chi connectivity index (χ3v) is 2.04. The van der Waals surface area contributed by atoms with Crippen molar-refractivity contribution in [2.75, 3.05) is 5.73 Å². The van der Waals surface area contributed by atoms with Crippen LogP contribution in [0.5, 0.6) is 0 Å². The van der Waals surface area contributed by atoms with E-state index >= 15 is 0 Å². The minimum absolute atomic E-state index is 0.586. The predicted molar refractivity (Wildman–Crippen MR) is 60.9 cm³/mol. The minimum Gasteiger partial charge on any atom is -0.396 e. The average molecular weight is 201 g/mol. The Morgan fingerprint density at radius 2 is 2.00 bits per heavy atom. The number of nitrogens with zero attached hydrogens (tertiary/aromatic N) is 2. The van der Waals surface area contributed by atoms with Crippen molar-refractivity contribution in [3.8, 4) is 0 Å². The summed E-state index contributed by atoms with van der Waals surface area (Å²) in [6.45, 7) is 6.28. The normalized spacial score (nSPS) is 9.23. The van der Waals surface area contributed by atoms with Crippen LogP contribution in [-0.2, 0) is 5.88 Å². The fraction of sp³-hybridized carbons (Fsp3) is 0.667. The Labute approximate surface area is 85.7 Å². The monoisotopic (exact) mass is 201 g/mol. The van der Waals surface area contributed by atoms with Crippen LogP contribution in [0, 0.1) is 6.92 Å². The Kier molecular flexibility index (Phi) is 6.49. The number of aromatic nitrogens is 2. The quantitative estimate of drug-likeness (QED) is 0.722. The summed E-state index contributed by atoms with van der Waals surface area (Å²) in [7, 11) is 0. The van der Waals surface area contributed by atoms with E-state index in [1.165, 1.54) is 12.8 Å². The van der Waals surface area contributed by atoms with Gasteiger partial charge in [-0.05, 0) is 6.92 Å². The van der Waals surface area contributed by atoms with Crippen molar-refractivity contribution in [3.05, 3.63) is 11.9 Å². The number of unbranched alkanes of at least 4 members (excludes halogenated alkanes) is 1. The molecule has 0 unspecified atom stereocenters. The molecule has 0 aliphatic rings. The van der Waals surface area contributed by atoms with E-state index in [-0.39, 0.29) is 0 Å². The van der Waals surface area contributed by atoms with Gasteiger partial charge in [0.05, 0.1) is 23.5 Å². The molecule has 4 heteroatoms. The Morgan fingerprint density at radius 3 is 2.15 bits per heavy atom. The molecule has 1 heterocycles. The maximum atomic E-state index is 5.50. The second-order valence-electron chi connectivity index (χ2n) is 2.83. The van der Waals surface area contributed by atoms with Crippen molar-refractivity contribution in [2.45, 2.75) is 39.5 Å². The van der Waals surface area contributed by atoms with Gasteiger partial charge in [-0.2, -0.15) is 17.7 Å². The Balaban J connectivity index is 0.000000310. The summed E-state index contributed by atoms with van der Waals surface area (Å²) >= 11 is 4.04. The average Bonchev–Trinajstić information content (AvgIpc) is 2.48. The van der Waals surface area contributed by atoms with E-state index in [1.807, 2.05) is 6.92 Å². The van der Waals surface area contributed by atoms with Crippen molar-refractivity contribution < 1.29 is 0 Å². The zero-order valence-corrected chi connectivity index (χ0v) is 9.51. The zero-order chi connectivity index (χ0) is 10.3. The third-order valence-electron chi connectivity index (χ3n) is 1.78. The van der Waals surface area contributed by atoms with E-state index in [1.54, 1.807) is 10.9 Å². The number of rotatable bonds is 2. The molecule has 2 N–H and O–H groups in total. The standard InChI is InChI=1S/C5H9N3S.C4H10/c1-4-5(6)2-7-8(4)3-9;1-3-4-2/h2,9H,3,6H2,1H3;3-4H2,1-2H3. The van der Waals surface area contributed by atoms with Crippen LogP contribution in [-0.4, -0.2) is 9.78 Å². The highest BCUT2D eigenvalue weighted by Gasteiger charge is 1.98. The maximum absolute atomic E-state index is 5.50. The first-order valence-corrected chi connectivity index (χ1v) is 5.19. The highest BCUT2D eigenvalue weighted by Crippen LogP contribution is 2.07. The number of thiol groups is 1. The molecule has 0 amide bonds. The third kappa shape index (κ3) is 4.22. The molecule has 0 aromatic carbocycles. The summed E-state index contributed by atoms with van der Waals surface area (Å²) in [6.07, 6.45) is 4.27. The Hall–Kier alpha value is -0.640. The van der Waals surface area contributed by atoms with E-state index < -0.39 is 0 Å². The van der Waals surface area contributed by atoms with Gasteiger partial charge in [0.25, 0.3) is 0 Å². The van der Waals surface area contributed by atoms with Gasteiger partial charge >= 0.3 is 0 Å². The van der Waals surface area contributed by atoms with Crippen molar-refractivity contribution in [3.63, 3.8) is 0 Å². The Morgan fingerprint density at radius 1 is 1.46 bits per heavy atom. The van der Waals surface area contributed by atoms with Crippen LogP contribution in [0.15, 0.2) is 6.20 Å². The van der Waals surface area contributed by atoms with Crippen LogP contribution in [0.1, 0.15) is 32.4 Å². The van der Waals surface area contributed by atoms with E-state index in [9.17, 15) is 0 Å². The van der Waals surface area contributed by atoms with Gasteiger partial charge in [-0.25, -0.2) is 0 Å². The van der Waals surface area contributed by atoms with Gasteiger partial charge in [-0.1, -0.05) is 26.7 Å². The van der Waals surface area contributed by atoms with E-state index in [4.69, 9.17) is 5.73 Å². The number of nitrogen functional groups attached to an aromatic ring is 1. The first kappa shape index (κ1) is 12.4. The van der Waals surface area contributed by atoms with E-state index in [2.05, 4.69) is 31.6 Å². The first-order chi connectivity index (χ1) is 6.17. The molecular formula is C9H19N3S. The van der Waals surface area contributed by atoms with Gasteiger partial charge in [-0.3, -0.25) is 4.68 Å². The smallest absolute Gasteiger partial charge is 0.0838 e. The number of nitrogens with two attached hydrogens (primary N) is 1. The molecule has 0 saturated heterocycles. The lowest BCUT2D eigenvalue weighted by atomic mass is 10.4. The molecule has 3 nitrogen and oxygen atoms in total. The van der Waals surface area contributed by atoms with Crippen molar-refractivity contribution >= 4 is 18.3 Å². The fourth-order valence-electron chi connectivity index (χ4n) is 0.604. The molecule has 0 aliphatic heterocycles. The summed E-state index contributed by atoms with van der Waals surface area (Å²) in [5.74, 6) is 0.586. The predicted octanol–water partition coefficient (Wildman–Crippen LogP) is 2.47. The summed E-state index contributed by atoms with van der Waals surface area (Å²) in [5, 5.41) is 3.95. The minimum atomic E-state index is 0.586. The highest BCUT2D eigenvalue weighted by atomic mass is 32.1. The summed E-state index contributed by atoms with van der Waals surface area (Å²) in [5.41, 5.74) is 7.20. The maximum Gasteiger partial charge on any atom is 0.0838 e. The molecule has 1 rings (SSSR count). The van der Waals surface area contributed by atoms with Crippen molar-refractivity contribution in [2.24, 2.45) is 0 Å². The lowest BCUT2D eigenvalue weighted by Crippen LogP contribution is -1.97. The second-order valence-corrected chi connectivity index (χ2v) is 3.11. The van der Waals surface area contributed by atoms with Gasteiger partial charge in [0, 0.05) is 0 Å². The number of anilines is 1. The van der Waals surface area contributed by atoms with Gasteiger partial charge < -0.3 is 5.73 Å². The van der Waals surface area contributed by atoms with Crippen LogP contribution < -0.4 is 5.73 Å². The molecule has 0 aliphatic carbocycles. The zero-order valence-electron chi connectivity index (χ0n) is 8.62. The SMILES string of the molecule is CCCC.Cc1c(N)cnn1CS. The molecular weight excluding hydrogens is 182 g/mol. The molecule has 0 fully saturated rings. The fourth-order valence-corrected chi connectivity index (χ4v) is 0.889. The summed E-state index contributed by atoms with van der Waals surface area (Å²) < 4.78 is 1.73. The molecule has 0 saturated carbocycles. The van der Waals surface area contributed by atoms with Gasteiger partial charge in [0.15, 0.2) is 0 Å². The van der Waals surface area contributed by atoms with Crippen molar-refractivity contribution in [1.29, 1.82) is 0 Å². The van der Waals surface area contributed by atoms with Gasteiger partial charge in [0.2, 0.25) is 0 Å². The molecule has 13 heavy (non-hydrogen) atoms. The molecule has 0 spiro atoms. The van der Waals surface area contributed by atoms with Crippen LogP contribution in [0.25, 0.3) is 0 Å². The van der Waals surface area contributed by atoms with Gasteiger partial charge in [0.1, 0.15) is 0 Å².